The molecule has 7 nitrogen and oxygen atoms in total. The summed E-state index contributed by atoms with van der Waals surface area (Å²) in [5, 5.41) is 0. The lowest BCUT2D eigenvalue weighted by molar-refractivity contribution is 0.0639. The molecule has 4 rings (SSSR count). The van der Waals surface area contributed by atoms with Crippen LogP contribution >= 0.6 is 0 Å². The summed E-state index contributed by atoms with van der Waals surface area (Å²) < 4.78 is 42.5. The van der Waals surface area contributed by atoms with Crippen LogP contribution < -0.4 is 4.72 Å². The molecule has 1 aliphatic heterocycles. The third-order valence-electron chi connectivity index (χ3n) is 5.33. The first-order valence-electron chi connectivity index (χ1n) is 9.92. The number of sulfonamides is 1. The predicted octanol–water partition coefficient (Wildman–Crippen LogP) is 3.10. The Balaban J connectivity index is 1.58. The Labute approximate surface area is 185 Å². The van der Waals surface area contributed by atoms with E-state index in [1.54, 1.807) is 6.07 Å². The van der Waals surface area contributed by atoms with E-state index in [1.807, 2.05) is 37.3 Å². The number of carbonyl (C=O) groups excluding carboxylic acids is 2. The van der Waals surface area contributed by atoms with Crippen molar-refractivity contribution in [1.29, 1.82) is 0 Å². The van der Waals surface area contributed by atoms with Gasteiger partial charge in [-0.15, -0.1) is 0 Å². The van der Waals surface area contributed by atoms with Crippen molar-refractivity contribution in [1.82, 2.24) is 14.6 Å². The first-order valence-corrected chi connectivity index (χ1v) is 11.4. The average Bonchev–Trinajstić information content (AvgIpc) is 3.04. The lowest BCUT2D eigenvalue weighted by Crippen LogP contribution is -2.32. The second-order valence-electron chi connectivity index (χ2n) is 7.51. The van der Waals surface area contributed by atoms with Gasteiger partial charge in [0.05, 0.1) is 17.0 Å². The molecule has 0 saturated heterocycles. The molecule has 1 aliphatic rings. The van der Waals surface area contributed by atoms with Gasteiger partial charge >= 0.3 is 0 Å². The second-order valence-corrected chi connectivity index (χ2v) is 9.25. The monoisotopic (exact) mass is 453 g/mol. The number of imide groups is 1. The SMILES string of the molecule is CC(CNS(=O)(=O)c1cc(F)ccc1CN1C(=O)c2cccnc2C1=O)c1ccccc1. The van der Waals surface area contributed by atoms with Crippen molar-refractivity contribution in [3.8, 4) is 0 Å². The molecule has 0 spiro atoms. The molecule has 1 aromatic heterocycles. The number of amides is 2. The molecule has 0 aliphatic carbocycles. The Morgan fingerprint density at radius 2 is 1.78 bits per heavy atom. The van der Waals surface area contributed by atoms with Gasteiger partial charge in [0, 0.05) is 12.7 Å². The molecule has 1 atom stereocenters. The molecule has 3 aromatic rings. The van der Waals surface area contributed by atoms with E-state index in [0.717, 1.165) is 22.6 Å². The highest BCUT2D eigenvalue weighted by Crippen LogP contribution is 2.26. The maximum atomic E-state index is 14.0. The number of carbonyl (C=O) groups is 2. The van der Waals surface area contributed by atoms with Crippen LogP contribution in [-0.2, 0) is 16.6 Å². The molecule has 2 heterocycles. The molecule has 164 valence electrons. The summed E-state index contributed by atoms with van der Waals surface area (Å²) in [7, 11) is -4.12. The molecule has 1 N–H and O–H groups in total. The van der Waals surface area contributed by atoms with Gasteiger partial charge in [0.15, 0.2) is 0 Å². The number of benzene rings is 2. The molecule has 2 amide bonds. The van der Waals surface area contributed by atoms with Gasteiger partial charge in [-0.05, 0) is 41.3 Å². The minimum atomic E-state index is -4.12. The fraction of sp³-hybridized carbons (Fsp3) is 0.174. The Hall–Kier alpha value is -3.43. The van der Waals surface area contributed by atoms with Crippen molar-refractivity contribution in [3.63, 3.8) is 0 Å². The first kappa shape index (κ1) is 21.8. The van der Waals surface area contributed by atoms with Crippen molar-refractivity contribution in [2.24, 2.45) is 0 Å². The second kappa shape index (κ2) is 8.60. The van der Waals surface area contributed by atoms with Gasteiger partial charge in [-0.25, -0.2) is 17.5 Å². The fourth-order valence-electron chi connectivity index (χ4n) is 3.55. The Morgan fingerprint density at radius 1 is 1.03 bits per heavy atom. The number of rotatable bonds is 7. The van der Waals surface area contributed by atoms with E-state index >= 15 is 0 Å². The van der Waals surface area contributed by atoms with Gasteiger partial charge < -0.3 is 0 Å². The van der Waals surface area contributed by atoms with E-state index in [2.05, 4.69) is 9.71 Å². The maximum absolute atomic E-state index is 14.0. The van der Waals surface area contributed by atoms with E-state index in [1.165, 1.54) is 18.3 Å². The fourth-order valence-corrected chi connectivity index (χ4v) is 4.92. The predicted molar refractivity (Wildman–Crippen MR) is 115 cm³/mol. The lowest BCUT2D eigenvalue weighted by Gasteiger charge is -2.18. The zero-order chi connectivity index (χ0) is 22.9. The molecule has 32 heavy (non-hydrogen) atoms. The molecular formula is C23H20FN3O4S. The standard InChI is InChI=1S/C23H20FN3O4S/c1-15(16-6-3-2-4-7-16)13-26-32(30,31)20-12-18(24)10-9-17(20)14-27-22(28)19-8-5-11-25-21(19)23(27)29/h2-12,15,26H,13-14H2,1H3. The van der Waals surface area contributed by atoms with Crippen LogP contribution in [0.4, 0.5) is 4.39 Å². The van der Waals surface area contributed by atoms with Gasteiger partial charge in [0.2, 0.25) is 10.0 Å². The van der Waals surface area contributed by atoms with Gasteiger partial charge in [-0.3, -0.25) is 19.5 Å². The van der Waals surface area contributed by atoms with Crippen LogP contribution in [0.25, 0.3) is 0 Å². The van der Waals surface area contributed by atoms with Crippen LogP contribution in [0.2, 0.25) is 0 Å². The molecule has 0 radical (unpaired) electrons. The maximum Gasteiger partial charge on any atom is 0.280 e. The Bertz CT molecular complexity index is 1260. The average molecular weight is 453 g/mol. The summed E-state index contributed by atoms with van der Waals surface area (Å²) in [6, 6.07) is 15.7. The quantitative estimate of drug-likeness (QED) is 0.555. The lowest BCUT2D eigenvalue weighted by atomic mass is 10.0. The minimum absolute atomic E-state index is 0.0128. The number of nitrogens with zero attached hydrogens (tertiary/aromatic N) is 2. The number of fused-ring (bicyclic) bond motifs is 1. The summed E-state index contributed by atoms with van der Waals surface area (Å²) in [6.45, 7) is 1.65. The molecule has 0 fully saturated rings. The summed E-state index contributed by atoms with van der Waals surface area (Å²) in [5.41, 5.74) is 1.24. The van der Waals surface area contributed by atoms with Crippen LogP contribution in [-0.4, -0.2) is 36.7 Å². The molecular weight excluding hydrogens is 433 g/mol. The number of halogens is 1. The third-order valence-corrected chi connectivity index (χ3v) is 6.83. The highest BCUT2D eigenvalue weighted by Gasteiger charge is 2.37. The normalized spacial score (nSPS) is 14.5. The highest BCUT2D eigenvalue weighted by molar-refractivity contribution is 7.89. The highest BCUT2D eigenvalue weighted by atomic mass is 32.2. The summed E-state index contributed by atoms with van der Waals surface area (Å²) in [4.78, 5) is 29.8. The summed E-state index contributed by atoms with van der Waals surface area (Å²) in [5.74, 6) is -2.06. The van der Waals surface area contributed by atoms with E-state index in [4.69, 9.17) is 0 Å². The Morgan fingerprint density at radius 3 is 2.50 bits per heavy atom. The first-order chi connectivity index (χ1) is 15.3. The molecule has 1 unspecified atom stereocenters. The number of aromatic nitrogens is 1. The van der Waals surface area contributed by atoms with Gasteiger partial charge in [0.25, 0.3) is 11.8 Å². The number of pyridine rings is 1. The van der Waals surface area contributed by atoms with E-state index in [0.29, 0.717) is 0 Å². The van der Waals surface area contributed by atoms with E-state index < -0.39 is 27.7 Å². The summed E-state index contributed by atoms with van der Waals surface area (Å²) >= 11 is 0. The zero-order valence-electron chi connectivity index (χ0n) is 17.2. The molecule has 9 heteroatoms. The van der Waals surface area contributed by atoms with E-state index in [-0.39, 0.29) is 40.7 Å². The van der Waals surface area contributed by atoms with Gasteiger partial charge in [-0.1, -0.05) is 43.3 Å². The van der Waals surface area contributed by atoms with Crippen LogP contribution in [0, 0.1) is 5.82 Å². The topological polar surface area (TPSA) is 96.4 Å². The van der Waals surface area contributed by atoms with Gasteiger partial charge in [0.1, 0.15) is 11.5 Å². The summed E-state index contributed by atoms with van der Waals surface area (Å²) in [6.07, 6.45) is 1.40. The number of hydrogen-bond donors (Lipinski definition) is 1. The van der Waals surface area contributed by atoms with Crippen molar-refractivity contribution in [3.05, 3.63) is 95.1 Å². The van der Waals surface area contributed by atoms with Crippen LogP contribution in [0.3, 0.4) is 0 Å². The Kier molecular flexibility index (Phi) is 5.86. The van der Waals surface area contributed by atoms with Crippen LogP contribution in [0.15, 0.2) is 71.8 Å². The number of nitrogens with one attached hydrogen (secondary N) is 1. The molecule has 2 aromatic carbocycles. The van der Waals surface area contributed by atoms with Crippen molar-refractivity contribution < 1.29 is 22.4 Å². The number of hydrogen-bond acceptors (Lipinski definition) is 5. The largest absolute Gasteiger partial charge is 0.280 e. The molecule has 0 saturated carbocycles. The van der Waals surface area contributed by atoms with Crippen molar-refractivity contribution in [2.45, 2.75) is 24.3 Å². The molecule has 0 bridgehead atoms. The van der Waals surface area contributed by atoms with Crippen molar-refractivity contribution >= 4 is 21.8 Å². The zero-order valence-corrected chi connectivity index (χ0v) is 18.0. The van der Waals surface area contributed by atoms with Crippen molar-refractivity contribution in [2.75, 3.05) is 6.54 Å². The minimum Gasteiger partial charge on any atom is -0.268 e. The van der Waals surface area contributed by atoms with Crippen LogP contribution in [0.5, 0.6) is 0 Å². The third kappa shape index (κ3) is 4.17. The van der Waals surface area contributed by atoms with E-state index in [9.17, 15) is 22.4 Å². The smallest absolute Gasteiger partial charge is 0.268 e. The van der Waals surface area contributed by atoms with Crippen LogP contribution in [0.1, 0.15) is 44.8 Å². The van der Waals surface area contributed by atoms with Gasteiger partial charge in [-0.2, -0.15) is 0 Å².